The maximum atomic E-state index is 14.0. The third-order valence-electron chi connectivity index (χ3n) is 8.21. The Bertz CT molecular complexity index is 1560. The molecule has 0 N–H and O–H groups in total. The predicted molar refractivity (Wildman–Crippen MR) is 216 cm³/mol. The molecule has 8 nitrogen and oxygen atoms in total. The predicted octanol–water partition coefficient (Wildman–Crippen LogP) is 10.1. The number of hydrogen-bond acceptors (Lipinski definition) is 8. The van der Waals surface area contributed by atoms with Gasteiger partial charge in [-0.15, -0.1) is 39.5 Å². The summed E-state index contributed by atoms with van der Waals surface area (Å²) in [7, 11) is -0.144. The Hall–Kier alpha value is 0.480. The molecule has 0 radical (unpaired) electrons. The van der Waals surface area contributed by atoms with Crippen molar-refractivity contribution in [2.75, 3.05) is 13.7 Å². The fourth-order valence-electron chi connectivity index (χ4n) is 5.05. The van der Waals surface area contributed by atoms with Crippen LogP contribution in [0.2, 0.25) is 0 Å². The van der Waals surface area contributed by atoms with Crippen LogP contribution in [-0.4, -0.2) is 88.3 Å². The van der Waals surface area contributed by atoms with E-state index in [0.717, 1.165) is 0 Å². The third-order valence-corrected chi connectivity index (χ3v) is 11.2. The Kier molecular flexibility index (Phi) is 30.1. The van der Waals surface area contributed by atoms with Crippen molar-refractivity contribution in [1.82, 2.24) is 0 Å². The van der Waals surface area contributed by atoms with E-state index in [-0.39, 0.29) is 36.7 Å². The van der Waals surface area contributed by atoms with Crippen LogP contribution in [0.4, 0.5) is 92.2 Å². The summed E-state index contributed by atoms with van der Waals surface area (Å²) < 4.78 is 273. The van der Waals surface area contributed by atoms with Crippen LogP contribution in [0.25, 0.3) is 0 Å². The van der Waals surface area contributed by atoms with Gasteiger partial charge in [-0.05, 0) is 43.6 Å². The Balaban J connectivity index is -0.000000840. The summed E-state index contributed by atoms with van der Waals surface area (Å²) in [5.41, 5.74) is 0. The summed E-state index contributed by atoms with van der Waals surface area (Å²) >= 11 is 12.6. The first-order valence-electron chi connectivity index (χ1n) is 16.8. The van der Waals surface area contributed by atoms with E-state index >= 15 is 0 Å². The fourth-order valence-corrected chi connectivity index (χ4v) is 8.49. The van der Waals surface area contributed by atoms with Crippen molar-refractivity contribution in [3.05, 3.63) is 29.6 Å². The van der Waals surface area contributed by atoms with Crippen LogP contribution in [0, 0.1) is 28.9 Å². The van der Waals surface area contributed by atoms with Gasteiger partial charge in [-0.1, -0.05) is 65.1 Å². The Morgan fingerprint density at radius 1 is 0.697 bits per heavy atom. The molecule has 0 aromatic carbocycles. The number of carbonyl (C=O) groups excluding carboxylic acids is 2. The Morgan fingerprint density at radius 3 is 1.38 bits per heavy atom. The van der Waals surface area contributed by atoms with E-state index in [1.807, 2.05) is 52.1 Å². The van der Waals surface area contributed by atoms with Crippen LogP contribution in [0.5, 0.6) is 0 Å². The van der Waals surface area contributed by atoms with Crippen LogP contribution in [0.1, 0.15) is 46.0 Å². The van der Waals surface area contributed by atoms with Gasteiger partial charge < -0.3 is 32.0 Å². The number of alkyl halides is 23. The van der Waals surface area contributed by atoms with Crippen LogP contribution >= 0.6 is 82.4 Å². The molecule has 3 rings (SSSR count). The molecule has 0 amide bonds. The standard InChI is InChI=1S/C11H10F8O4.C8H7F11O2.C7H10F2I2.C5H5NOS.I2.Na/c1-4-2-5(7(20)22-10(14,15)16)9(12,13)6(3-4)8(21)23-11(17,18)19;1-20-7(15,16)6(13,14)5(11,12)4(9,10)2-3-21-8(17,18)19;1-4-2-5(10)7(8,9)6(11)3-4;7-6-4-2-1-3-5(6)8;1-2;/h4-6H,2-3H2,1H3;2-3H2,1H3;4-6H,2-3H2,1H3;1-4,8H;;/q;;;;;+1/p-1. The SMILES string of the molecule is CC1CC(C(=O)OC(F)(F)F)C(F)(F)C(C(=O)OC(F)(F)F)C1.CC1CC(I)C(F)(F)C(I)C1.COC(F)(F)C(F)(F)C(F)(F)C(F)(F)CCOC(F)(F)F.II.[Na+].[O-][n+]1ccccc1[S-]. The number of carbonyl (C=O) groups is 2. The number of aromatic nitrogens is 1. The number of rotatable bonds is 9. The molecule has 0 bridgehead atoms. The maximum absolute atomic E-state index is 14.0. The van der Waals surface area contributed by atoms with Crippen molar-refractivity contribution in [3.8, 4) is 0 Å². The summed E-state index contributed by atoms with van der Waals surface area (Å²) in [6.45, 7) is 1.10. The molecule has 0 aliphatic heterocycles. The smallest absolute Gasteiger partial charge is 0.709 e. The minimum Gasteiger partial charge on any atom is -0.709 e. The zero-order valence-electron chi connectivity index (χ0n) is 33.2. The zero-order chi connectivity index (χ0) is 52.2. The van der Waals surface area contributed by atoms with Crippen molar-refractivity contribution in [2.24, 2.45) is 23.7 Å². The Labute approximate surface area is 438 Å². The maximum Gasteiger partial charge on any atom is 1.00 e. The first-order chi connectivity index (χ1) is 28.9. The summed E-state index contributed by atoms with van der Waals surface area (Å²) in [5, 5.41) is 10.7. The number of nitrogens with zero attached hydrogens (tertiary/aromatic N) is 1. The van der Waals surface area contributed by atoms with E-state index in [1.54, 1.807) is 18.2 Å². The van der Waals surface area contributed by atoms with E-state index in [9.17, 15) is 107 Å². The summed E-state index contributed by atoms with van der Waals surface area (Å²) in [5.74, 6) is -36.8. The van der Waals surface area contributed by atoms with Crippen LogP contribution in [0.15, 0.2) is 29.4 Å². The molecule has 2 aliphatic carbocycles. The fraction of sp³-hybridized carbons (Fsp3) is 0.774. The molecule has 1 aromatic heterocycles. The van der Waals surface area contributed by atoms with Crippen LogP contribution < -0.4 is 34.3 Å². The van der Waals surface area contributed by atoms with Gasteiger partial charge in [0.1, 0.15) is 11.8 Å². The van der Waals surface area contributed by atoms with Gasteiger partial charge in [-0.3, -0.25) is 14.3 Å². The van der Waals surface area contributed by atoms with Gasteiger partial charge in [-0.2, -0.15) is 39.9 Å². The van der Waals surface area contributed by atoms with Crippen molar-refractivity contribution >= 4 is 107 Å². The van der Waals surface area contributed by atoms with Crippen LogP contribution in [0.3, 0.4) is 0 Å². The van der Waals surface area contributed by atoms with Crippen molar-refractivity contribution < 1.29 is 155 Å². The van der Waals surface area contributed by atoms with Crippen LogP contribution in [-0.2, 0) is 41.2 Å². The molecule has 66 heavy (non-hydrogen) atoms. The monoisotopic (exact) mass is 1490 g/mol. The summed E-state index contributed by atoms with van der Waals surface area (Å²) in [4.78, 5) is 22.5. The van der Waals surface area contributed by atoms with Crippen molar-refractivity contribution in [3.63, 3.8) is 0 Å². The van der Waals surface area contributed by atoms with Gasteiger partial charge in [0.05, 0.1) is 19.5 Å². The van der Waals surface area contributed by atoms with E-state index in [2.05, 4.69) is 68.8 Å². The molecular weight excluding hydrogens is 1460 g/mol. The Morgan fingerprint density at radius 2 is 1.08 bits per heavy atom. The topological polar surface area (TPSA) is 98.0 Å². The number of halogens is 25. The zero-order valence-corrected chi connectivity index (χ0v) is 44.6. The van der Waals surface area contributed by atoms with Gasteiger partial charge in [0.15, 0.2) is 6.20 Å². The van der Waals surface area contributed by atoms with E-state index < -0.39 is 118 Å². The van der Waals surface area contributed by atoms with E-state index in [1.165, 1.54) is 13.1 Å². The van der Waals surface area contributed by atoms with E-state index in [4.69, 9.17) is 0 Å². The molecule has 4 atom stereocenters. The molecular formula is C31H31F21I4NNaO7S. The first kappa shape index (κ1) is 70.7. The second-order valence-electron chi connectivity index (χ2n) is 13.3. The molecule has 0 saturated heterocycles. The normalized spacial score (nSPS) is 23.2. The molecule has 2 fully saturated rings. The molecule has 1 aromatic rings. The number of pyridine rings is 1. The van der Waals surface area contributed by atoms with Gasteiger partial charge in [0.25, 0.3) is 11.8 Å². The average Bonchev–Trinajstić information content (AvgIpc) is 3.12. The average molecular weight is 1490 g/mol. The molecule has 0 spiro atoms. The van der Waals surface area contributed by atoms with Gasteiger partial charge in [0, 0.05) is 56.8 Å². The molecule has 2 aliphatic rings. The first-order valence-corrected chi connectivity index (χ1v) is 26.0. The molecule has 4 unspecified atom stereocenters. The van der Waals surface area contributed by atoms with E-state index in [0.29, 0.717) is 28.5 Å². The van der Waals surface area contributed by atoms with Gasteiger partial charge in [0.2, 0.25) is 0 Å². The quantitative estimate of drug-likeness (QED) is 0.0353. The molecule has 1 heterocycles. The molecule has 384 valence electrons. The molecule has 35 heteroatoms. The number of methoxy groups -OCH3 is 1. The number of esters is 2. The van der Waals surface area contributed by atoms with Gasteiger partial charge in [-0.25, -0.2) is 17.6 Å². The third kappa shape index (κ3) is 22.5. The molecule has 2 saturated carbocycles. The second-order valence-corrected chi connectivity index (χ2v) is 16.7. The van der Waals surface area contributed by atoms with Crippen molar-refractivity contribution in [2.45, 2.75) is 114 Å². The van der Waals surface area contributed by atoms with Crippen molar-refractivity contribution in [1.29, 1.82) is 0 Å². The summed E-state index contributed by atoms with van der Waals surface area (Å²) in [6, 6.07) is 4.96. The minimum atomic E-state index is -6.69. The van der Waals surface area contributed by atoms with Gasteiger partial charge >= 0.3 is 84.5 Å². The largest absolute Gasteiger partial charge is 1.00 e. The number of hydrogen-bond donors (Lipinski definition) is 0. The second kappa shape index (κ2) is 28.1. The number of ether oxygens (including phenoxy) is 4. The minimum absolute atomic E-state index is 0. The summed E-state index contributed by atoms with van der Waals surface area (Å²) in [6.07, 6.45) is -24.0.